The molecule has 2 aliphatic rings. The number of halogens is 1. The molecular formula is C24H31FN6S. The Kier molecular flexibility index (Phi) is 6.80. The van der Waals surface area contributed by atoms with Crippen molar-refractivity contribution in [1.82, 2.24) is 25.0 Å². The second-order valence-electron chi connectivity index (χ2n) is 8.78. The Morgan fingerprint density at radius 2 is 1.66 bits per heavy atom. The Bertz CT molecular complexity index is 986. The van der Waals surface area contributed by atoms with Gasteiger partial charge in [-0.3, -0.25) is 9.47 Å². The lowest BCUT2D eigenvalue weighted by Crippen LogP contribution is -2.50. The fourth-order valence-corrected chi connectivity index (χ4v) is 5.76. The van der Waals surface area contributed by atoms with Crippen molar-refractivity contribution < 1.29 is 4.39 Å². The molecule has 3 aromatic rings. The normalized spacial score (nSPS) is 18.3. The van der Waals surface area contributed by atoms with E-state index in [-0.39, 0.29) is 5.82 Å². The number of piperazine rings is 1. The number of aromatic nitrogens is 3. The molecule has 1 N–H and O–H groups in total. The van der Waals surface area contributed by atoms with Crippen LogP contribution in [0.2, 0.25) is 0 Å². The van der Waals surface area contributed by atoms with E-state index in [4.69, 9.17) is 0 Å². The molecule has 1 saturated heterocycles. The summed E-state index contributed by atoms with van der Waals surface area (Å²) < 4.78 is 15.2. The summed E-state index contributed by atoms with van der Waals surface area (Å²) in [5.41, 5.74) is 2.20. The lowest BCUT2D eigenvalue weighted by molar-refractivity contribution is 0.148. The summed E-state index contributed by atoms with van der Waals surface area (Å²) in [5, 5.41) is 14.4. The van der Waals surface area contributed by atoms with E-state index in [0.717, 1.165) is 53.7 Å². The van der Waals surface area contributed by atoms with Gasteiger partial charge in [0.15, 0.2) is 0 Å². The van der Waals surface area contributed by atoms with E-state index in [0.29, 0.717) is 13.1 Å². The molecule has 32 heavy (non-hydrogen) atoms. The summed E-state index contributed by atoms with van der Waals surface area (Å²) in [6, 6.07) is 11.6. The molecule has 5 rings (SSSR count). The summed E-state index contributed by atoms with van der Waals surface area (Å²) >= 11 is 1.66. The molecule has 6 nitrogen and oxygen atoms in total. The average Bonchev–Trinajstić information content (AvgIpc) is 3.51. The molecule has 0 spiro atoms. The second kappa shape index (κ2) is 10.1. The zero-order valence-corrected chi connectivity index (χ0v) is 19.2. The predicted molar refractivity (Wildman–Crippen MR) is 127 cm³/mol. The highest BCUT2D eigenvalue weighted by Crippen LogP contribution is 2.28. The van der Waals surface area contributed by atoms with Gasteiger partial charge in [0, 0.05) is 57.2 Å². The SMILES string of the molecule is Fc1ccc(CNCc2cccn2-c2nnc(N3CCN(C4CCCCC4)CC3)s2)cc1. The van der Waals surface area contributed by atoms with Gasteiger partial charge in [0.05, 0.1) is 0 Å². The highest BCUT2D eigenvalue weighted by atomic mass is 32.1. The van der Waals surface area contributed by atoms with Gasteiger partial charge < -0.3 is 10.2 Å². The van der Waals surface area contributed by atoms with E-state index >= 15 is 0 Å². The van der Waals surface area contributed by atoms with Gasteiger partial charge in [0.25, 0.3) is 0 Å². The fraction of sp³-hybridized carbons (Fsp3) is 0.500. The van der Waals surface area contributed by atoms with Gasteiger partial charge in [0.2, 0.25) is 10.3 Å². The molecule has 0 unspecified atom stereocenters. The molecule has 1 aromatic carbocycles. The van der Waals surface area contributed by atoms with E-state index in [9.17, 15) is 4.39 Å². The summed E-state index contributed by atoms with van der Waals surface area (Å²) in [5.74, 6) is -0.204. The first-order chi connectivity index (χ1) is 15.8. The molecular weight excluding hydrogens is 423 g/mol. The van der Waals surface area contributed by atoms with E-state index < -0.39 is 0 Å². The van der Waals surface area contributed by atoms with Gasteiger partial charge in [-0.15, -0.1) is 10.2 Å². The molecule has 1 aliphatic carbocycles. The first kappa shape index (κ1) is 21.6. The summed E-state index contributed by atoms with van der Waals surface area (Å²) in [7, 11) is 0. The van der Waals surface area contributed by atoms with E-state index in [2.05, 4.69) is 35.9 Å². The van der Waals surface area contributed by atoms with Crippen LogP contribution in [0.25, 0.3) is 5.13 Å². The van der Waals surface area contributed by atoms with E-state index in [1.54, 1.807) is 11.3 Å². The second-order valence-corrected chi connectivity index (χ2v) is 9.72. The third-order valence-electron chi connectivity index (χ3n) is 6.67. The molecule has 2 fully saturated rings. The molecule has 2 aromatic heterocycles. The Morgan fingerprint density at radius 1 is 0.906 bits per heavy atom. The van der Waals surface area contributed by atoms with Crippen molar-refractivity contribution in [3.63, 3.8) is 0 Å². The van der Waals surface area contributed by atoms with Crippen LogP contribution in [0.1, 0.15) is 43.4 Å². The monoisotopic (exact) mass is 454 g/mol. The van der Waals surface area contributed by atoms with Gasteiger partial charge >= 0.3 is 0 Å². The highest BCUT2D eigenvalue weighted by Gasteiger charge is 2.26. The smallest absolute Gasteiger partial charge is 0.218 e. The lowest BCUT2D eigenvalue weighted by Gasteiger charge is -2.40. The topological polar surface area (TPSA) is 49.2 Å². The molecule has 0 radical (unpaired) electrons. The summed E-state index contributed by atoms with van der Waals surface area (Å²) in [4.78, 5) is 5.07. The Hall–Kier alpha value is -2.29. The molecule has 8 heteroatoms. The first-order valence-corrected chi connectivity index (χ1v) is 12.5. The van der Waals surface area contributed by atoms with Crippen LogP contribution < -0.4 is 10.2 Å². The number of hydrogen-bond acceptors (Lipinski definition) is 6. The van der Waals surface area contributed by atoms with Gasteiger partial charge in [-0.1, -0.05) is 42.7 Å². The van der Waals surface area contributed by atoms with Crippen molar-refractivity contribution in [2.75, 3.05) is 31.1 Å². The maximum absolute atomic E-state index is 13.1. The third-order valence-corrected chi connectivity index (χ3v) is 7.65. The zero-order chi connectivity index (χ0) is 21.8. The minimum absolute atomic E-state index is 0.204. The van der Waals surface area contributed by atoms with Crippen molar-refractivity contribution in [1.29, 1.82) is 0 Å². The molecule has 3 heterocycles. The van der Waals surface area contributed by atoms with Crippen LogP contribution in [0.5, 0.6) is 0 Å². The molecule has 0 amide bonds. The quantitative estimate of drug-likeness (QED) is 0.580. The molecule has 0 bridgehead atoms. The number of rotatable bonds is 7. The lowest BCUT2D eigenvalue weighted by atomic mass is 9.94. The Balaban J connectivity index is 1.16. The third kappa shape index (κ3) is 5.03. The average molecular weight is 455 g/mol. The molecule has 1 saturated carbocycles. The molecule has 170 valence electrons. The van der Waals surface area contributed by atoms with Gasteiger partial charge in [-0.2, -0.15) is 0 Å². The molecule has 1 aliphatic heterocycles. The maximum atomic E-state index is 13.1. The number of hydrogen-bond donors (Lipinski definition) is 1. The van der Waals surface area contributed by atoms with Crippen molar-refractivity contribution in [2.45, 2.75) is 51.2 Å². The van der Waals surface area contributed by atoms with Crippen LogP contribution in [0, 0.1) is 5.82 Å². The van der Waals surface area contributed by atoms with Crippen LogP contribution in [0.3, 0.4) is 0 Å². The van der Waals surface area contributed by atoms with Gasteiger partial charge in [-0.05, 0) is 42.7 Å². The standard InChI is InChI=1S/C24H31FN6S/c25-20-10-8-19(9-11-20)17-26-18-22-7-4-12-31(22)24-28-27-23(32-24)30-15-13-29(14-16-30)21-5-2-1-3-6-21/h4,7-12,21,26H,1-3,5-6,13-18H2. The highest BCUT2D eigenvalue weighted by molar-refractivity contribution is 7.17. The van der Waals surface area contributed by atoms with Crippen LogP contribution >= 0.6 is 11.3 Å². The zero-order valence-electron chi connectivity index (χ0n) is 18.4. The van der Waals surface area contributed by atoms with Crippen molar-refractivity contribution in [3.8, 4) is 5.13 Å². The largest absolute Gasteiger partial charge is 0.344 e. The van der Waals surface area contributed by atoms with Crippen molar-refractivity contribution >= 4 is 16.5 Å². The van der Waals surface area contributed by atoms with Crippen LogP contribution in [-0.4, -0.2) is 51.9 Å². The van der Waals surface area contributed by atoms with E-state index in [1.807, 2.05) is 24.4 Å². The van der Waals surface area contributed by atoms with Crippen LogP contribution in [-0.2, 0) is 13.1 Å². The molecule has 0 atom stereocenters. The number of benzene rings is 1. The van der Waals surface area contributed by atoms with Gasteiger partial charge in [-0.25, -0.2) is 4.39 Å². The summed E-state index contributed by atoms with van der Waals surface area (Å²) in [6.45, 7) is 5.71. The Morgan fingerprint density at radius 3 is 2.44 bits per heavy atom. The number of nitrogens with zero attached hydrogens (tertiary/aromatic N) is 5. The minimum Gasteiger partial charge on any atom is -0.344 e. The maximum Gasteiger partial charge on any atom is 0.218 e. The summed E-state index contributed by atoms with van der Waals surface area (Å²) in [6.07, 6.45) is 8.97. The fourth-order valence-electron chi connectivity index (χ4n) is 4.84. The van der Waals surface area contributed by atoms with Crippen LogP contribution in [0.4, 0.5) is 9.52 Å². The number of nitrogens with one attached hydrogen (secondary N) is 1. The Labute approximate surface area is 193 Å². The number of anilines is 1. The van der Waals surface area contributed by atoms with E-state index in [1.165, 1.54) is 44.2 Å². The van der Waals surface area contributed by atoms with Crippen molar-refractivity contribution in [3.05, 3.63) is 59.7 Å². The van der Waals surface area contributed by atoms with Gasteiger partial charge in [0.1, 0.15) is 5.82 Å². The van der Waals surface area contributed by atoms with Crippen molar-refractivity contribution in [2.24, 2.45) is 0 Å². The van der Waals surface area contributed by atoms with Crippen LogP contribution in [0.15, 0.2) is 42.6 Å². The first-order valence-electron chi connectivity index (χ1n) is 11.7. The minimum atomic E-state index is -0.204. The predicted octanol–water partition coefficient (Wildman–Crippen LogP) is 4.21.